The van der Waals surface area contributed by atoms with Gasteiger partial charge in [0.1, 0.15) is 0 Å². The molecule has 0 aliphatic carbocycles. The van der Waals surface area contributed by atoms with E-state index in [-0.39, 0.29) is 0 Å². The van der Waals surface area contributed by atoms with Crippen molar-refractivity contribution in [2.24, 2.45) is 0 Å². The van der Waals surface area contributed by atoms with Crippen LogP contribution in [-0.4, -0.2) is 9.97 Å². The van der Waals surface area contributed by atoms with Crippen LogP contribution in [0.5, 0.6) is 0 Å². The molecule has 0 N–H and O–H groups in total. The van der Waals surface area contributed by atoms with Crippen LogP contribution in [0.4, 0.5) is 0 Å². The molecule has 0 aliphatic heterocycles. The zero-order chi connectivity index (χ0) is 14.0. The van der Waals surface area contributed by atoms with Crippen molar-refractivity contribution >= 4 is 34.8 Å². The molecule has 0 saturated carbocycles. The van der Waals surface area contributed by atoms with E-state index in [9.17, 15) is 0 Å². The fraction of sp³-hybridized carbons (Fsp3) is 0.286. The van der Waals surface area contributed by atoms with Gasteiger partial charge in [0, 0.05) is 10.6 Å². The summed E-state index contributed by atoms with van der Waals surface area (Å²) in [6.07, 6.45) is 1.47. The lowest BCUT2D eigenvalue weighted by atomic mass is 10.1. The van der Waals surface area contributed by atoms with Gasteiger partial charge in [0.2, 0.25) is 0 Å². The highest BCUT2D eigenvalue weighted by atomic mass is 35.5. The van der Waals surface area contributed by atoms with Gasteiger partial charge in [-0.25, -0.2) is 9.97 Å². The van der Waals surface area contributed by atoms with E-state index in [0.717, 1.165) is 35.5 Å². The number of benzene rings is 1. The Bertz CT molecular complexity index is 612. The van der Waals surface area contributed by atoms with E-state index < -0.39 is 0 Å². The van der Waals surface area contributed by atoms with Crippen LogP contribution in [0.3, 0.4) is 0 Å². The van der Waals surface area contributed by atoms with Crippen LogP contribution in [-0.2, 0) is 12.8 Å². The van der Waals surface area contributed by atoms with Crippen molar-refractivity contribution in [3.05, 3.63) is 44.8 Å². The van der Waals surface area contributed by atoms with Gasteiger partial charge in [0.15, 0.2) is 5.15 Å². The summed E-state index contributed by atoms with van der Waals surface area (Å²) in [5, 5.41) is 1.64. The highest BCUT2D eigenvalue weighted by molar-refractivity contribution is 6.36. The Hall–Kier alpha value is -0.830. The first-order chi connectivity index (χ1) is 9.06. The monoisotopic (exact) mass is 314 g/mol. The lowest BCUT2D eigenvalue weighted by Crippen LogP contribution is -2.02. The Labute approximate surface area is 127 Å². The smallest absolute Gasteiger partial charge is 0.150 e. The third-order valence-electron chi connectivity index (χ3n) is 2.85. The van der Waals surface area contributed by atoms with Crippen LogP contribution >= 0.6 is 34.8 Å². The molecule has 1 aromatic carbocycles. The molecule has 0 aliphatic rings. The molecule has 2 rings (SSSR count). The number of hydrogen-bond acceptors (Lipinski definition) is 2. The van der Waals surface area contributed by atoms with Gasteiger partial charge in [-0.15, -0.1) is 0 Å². The molecule has 5 heteroatoms. The van der Waals surface area contributed by atoms with Crippen molar-refractivity contribution in [2.75, 3.05) is 0 Å². The highest BCUT2D eigenvalue weighted by Gasteiger charge is 2.14. The Balaban J connectivity index is 2.66. The summed E-state index contributed by atoms with van der Waals surface area (Å²) < 4.78 is 0. The lowest BCUT2D eigenvalue weighted by Gasteiger charge is -2.11. The average Bonchev–Trinajstić information content (AvgIpc) is 2.39. The summed E-state index contributed by atoms with van der Waals surface area (Å²) in [5.41, 5.74) is 3.23. The van der Waals surface area contributed by atoms with Gasteiger partial charge in [-0.3, -0.25) is 0 Å². The van der Waals surface area contributed by atoms with Crippen molar-refractivity contribution in [3.8, 4) is 11.3 Å². The zero-order valence-electron chi connectivity index (χ0n) is 10.7. The molecule has 0 unspecified atom stereocenters. The maximum atomic E-state index is 6.24. The summed E-state index contributed by atoms with van der Waals surface area (Å²) in [4.78, 5) is 9.01. The fourth-order valence-electron chi connectivity index (χ4n) is 1.85. The average molecular weight is 316 g/mol. The van der Waals surface area contributed by atoms with Crippen LogP contribution in [0, 0.1) is 0 Å². The van der Waals surface area contributed by atoms with E-state index in [1.165, 1.54) is 0 Å². The number of aromatic nitrogens is 2. The summed E-state index contributed by atoms with van der Waals surface area (Å²) >= 11 is 18.3. The van der Waals surface area contributed by atoms with E-state index in [2.05, 4.69) is 9.97 Å². The molecule has 2 aromatic rings. The molecule has 2 nitrogen and oxygen atoms in total. The zero-order valence-corrected chi connectivity index (χ0v) is 12.9. The first kappa shape index (κ1) is 14.6. The molecule has 19 heavy (non-hydrogen) atoms. The maximum Gasteiger partial charge on any atom is 0.150 e. The summed E-state index contributed by atoms with van der Waals surface area (Å²) in [7, 11) is 0. The number of halogens is 3. The van der Waals surface area contributed by atoms with E-state index in [0.29, 0.717) is 15.2 Å². The van der Waals surface area contributed by atoms with Crippen molar-refractivity contribution in [3.63, 3.8) is 0 Å². The molecule has 0 fully saturated rings. The van der Waals surface area contributed by atoms with Crippen LogP contribution in [0.2, 0.25) is 15.2 Å². The molecule has 1 heterocycles. The Morgan fingerprint density at radius 2 is 1.63 bits per heavy atom. The molecule has 1 aromatic heterocycles. The number of nitrogens with zero attached hydrogens (tertiary/aromatic N) is 2. The SMILES string of the molecule is CCc1nc(-c2ccc(Cl)cc2Cl)c(CC)nc1Cl. The van der Waals surface area contributed by atoms with Crippen LogP contribution in [0.15, 0.2) is 18.2 Å². The first-order valence-corrected chi connectivity index (χ1v) is 7.20. The molecular formula is C14H13Cl3N2. The molecule has 0 radical (unpaired) electrons. The van der Waals surface area contributed by atoms with Crippen LogP contribution in [0.1, 0.15) is 25.2 Å². The van der Waals surface area contributed by atoms with Gasteiger partial charge in [0.25, 0.3) is 0 Å². The minimum atomic E-state index is 0.466. The number of rotatable bonds is 3. The van der Waals surface area contributed by atoms with Gasteiger partial charge in [-0.05, 0) is 31.0 Å². The third kappa shape index (κ3) is 3.02. The van der Waals surface area contributed by atoms with Crippen molar-refractivity contribution in [1.82, 2.24) is 9.97 Å². The summed E-state index contributed by atoms with van der Waals surface area (Å²) in [5.74, 6) is 0. The Morgan fingerprint density at radius 1 is 0.947 bits per heavy atom. The standard InChI is InChI=1S/C14H13Cl3N2/c1-3-11-13(18-12(4-2)14(17)19-11)9-6-5-8(15)7-10(9)16/h5-7H,3-4H2,1-2H3. The molecule has 0 saturated heterocycles. The first-order valence-electron chi connectivity index (χ1n) is 6.07. The van der Waals surface area contributed by atoms with E-state index in [1.54, 1.807) is 12.1 Å². The second-order valence-electron chi connectivity index (χ2n) is 4.09. The molecule has 0 amide bonds. The molecule has 0 atom stereocenters. The summed E-state index contributed by atoms with van der Waals surface area (Å²) in [6, 6.07) is 5.37. The minimum Gasteiger partial charge on any atom is -0.248 e. The van der Waals surface area contributed by atoms with Crippen LogP contribution < -0.4 is 0 Å². The molecule has 100 valence electrons. The largest absolute Gasteiger partial charge is 0.248 e. The van der Waals surface area contributed by atoms with Gasteiger partial charge in [-0.1, -0.05) is 48.7 Å². The number of hydrogen-bond donors (Lipinski definition) is 0. The van der Waals surface area contributed by atoms with Crippen LogP contribution in [0.25, 0.3) is 11.3 Å². The van der Waals surface area contributed by atoms with Crippen molar-refractivity contribution in [1.29, 1.82) is 0 Å². The quantitative estimate of drug-likeness (QED) is 0.775. The minimum absolute atomic E-state index is 0.466. The molecular weight excluding hydrogens is 303 g/mol. The predicted octanol–water partition coefficient (Wildman–Crippen LogP) is 5.23. The van der Waals surface area contributed by atoms with E-state index in [1.807, 2.05) is 19.9 Å². The van der Waals surface area contributed by atoms with Gasteiger partial charge >= 0.3 is 0 Å². The van der Waals surface area contributed by atoms with Gasteiger partial charge < -0.3 is 0 Å². The number of aryl methyl sites for hydroxylation is 2. The second kappa shape index (κ2) is 6.08. The summed E-state index contributed by atoms with van der Waals surface area (Å²) in [6.45, 7) is 4.01. The topological polar surface area (TPSA) is 25.8 Å². The predicted molar refractivity (Wildman–Crippen MR) is 81.3 cm³/mol. The highest BCUT2D eigenvalue weighted by Crippen LogP contribution is 2.32. The van der Waals surface area contributed by atoms with Crippen molar-refractivity contribution < 1.29 is 0 Å². The molecule has 0 spiro atoms. The normalized spacial score (nSPS) is 10.8. The van der Waals surface area contributed by atoms with Gasteiger partial charge in [-0.2, -0.15) is 0 Å². The fourth-order valence-corrected chi connectivity index (χ4v) is 2.63. The second-order valence-corrected chi connectivity index (χ2v) is 5.29. The maximum absolute atomic E-state index is 6.24. The third-order valence-corrected chi connectivity index (χ3v) is 3.70. The van der Waals surface area contributed by atoms with E-state index in [4.69, 9.17) is 34.8 Å². The Kier molecular flexibility index (Phi) is 4.67. The molecule has 0 bridgehead atoms. The van der Waals surface area contributed by atoms with Crippen molar-refractivity contribution in [2.45, 2.75) is 26.7 Å². The van der Waals surface area contributed by atoms with Gasteiger partial charge in [0.05, 0.1) is 22.1 Å². The van der Waals surface area contributed by atoms with E-state index >= 15 is 0 Å². The lowest BCUT2D eigenvalue weighted by molar-refractivity contribution is 0.943. The Morgan fingerprint density at radius 3 is 2.21 bits per heavy atom.